The molecule has 6 unspecified atom stereocenters. The molecule has 4 rings (SSSR count). The molecular formula is C9H12O3. The summed E-state index contributed by atoms with van der Waals surface area (Å²) in [6.45, 7) is 0.830. The zero-order chi connectivity index (χ0) is 7.92. The van der Waals surface area contributed by atoms with Crippen molar-refractivity contribution in [2.75, 3.05) is 6.61 Å². The highest BCUT2D eigenvalue weighted by atomic mass is 16.7. The molecule has 1 spiro atoms. The highest BCUT2D eigenvalue weighted by Gasteiger charge is 2.74. The van der Waals surface area contributed by atoms with E-state index in [2.05, 4.69) is 0 Å². The number of hydrogen-bond acceptors (Lipinski definition) is 3. The first-order chi connectivity index (χ1) is 5.81. The second-order valence-corrected chi connectivity index (χ2v) is 4.73. The quantitative estimate of drug-likeness (QED) is 0.558. The van der Waals surface area contributed by atoms with Crippen LogP contribution in [0.1, 0.15) is 12.8 Å². The molecule has 2 aliphatic heterocycles. The van der Waals surface area contributed by atoms with E-state index >= 15 is 0 Å². The third-order valence-electron chi connectivity index (χ3n) is 4.35. The van der Waals surface area contributed by atoms with Crippen LogP contribution < -0.4 is 0 Å². The second kappa shape index (κ2) is 1.59. The van der Waals surface area contributed by atoms with Gasteiger partial charge in [-0.05, 0) is 18.8 Å². The fourth-order valence-corrected chi connectivity index (χ4v) is 3.57. The molecular weight excluding hydrogens is 156 g/mol. The fraction of sp³-hybridized carbons (Fsp3) is 1.00. The molecule has 2 bridgehead atoms. The maximum absolute atomic E-state index is 9.84. The van der Waals surface area contributed by atoms with Gasteiger partial charge in [-0.2, -0.15) is 0 Å². The lowest BCUT2D eigenvalue weighted by atomic mass is 9.79. The van der Waals surface area contributed by atoms with Crippen LogP contribution in [0.2, 0.25) is 0 Å². The van der Waals surface area contributed by atoms with E-state index in [1.807, 2.05) is 0 Å². The van der Waals surface area contributed by atoms with Crippen molar-refractivity contribution in [3.8, 4) is 0 Å². The molecule has 4 fully saturated rings. The van der Waals surface area contributed by atoms with E-state index in [1.54, 1.807) is 0 Å². The molecule has 3 heteroatoms. The molecule has 12 heavy (non-hydrogen) atoms. The van der Waals surface area contributed by atoms with Gasteiger partial charge in [0.05, 0.1) is 18.8 Å². The molecule has 2 saturated carbocycles. The van der Waals surface area contributed by atoms with Gasteiger partial charge < -0.3 is 14.6 Å². The van der Waals surface area contributed by atoms with Crippen molar-refractivity contribution in [2.24, 2.45) is 17.3 Å². The molecule has 0 aromatic rings. The van der Waals surface area contributed by atoms with Crippen LogP contribution >= 0.6 is 0 Å². The van der Waals surface area contributed by atoms with Gasteiger partial charge in [0.25, 0.3) is 0 Å². The Morgan fingerprint density at radius 3 is 3.17 bits per heavy atom. The molecule has 2 aliphatic carbocycles. The monoisotopic (exact) mass is 168 g/mol. The fourth-order valence-electron chi connectivity index (χ4n) is 3.57. The molecule has 6 atom stereocenters. The Morgan fingerprint density at radius 2 is 2.25 bits per heavy atom. The first-order valence-corrected chi connectivity index (χ1v) is 4.76. The van der Waals surface area contributed by atoms with E-state index in [1.165, 1.54) is 6.42 Å². The summed E-state index contributed by atoms with van der Waals surface area (Å²) in [5.74, 6) is 1.10. The van der Waals surface area contributed by atoms with Gasteiger partial charge in [-0.25, -0.2) is 0 Å². The van der Waals surface area contributed by atoms with E-state index in [0.29, 0.717) is 17.3 Å². The van der Waals surface area contributed by atoms with Crippen LogP contribution in [0.5, 0.6) is 0 Å². The third-order valence-corrected chi connectivity index (χ3v) is 4.35. The molecule has 4 aliphatic rings. The molecule has 0 radical (unpaired) electrons. The van der Waals surface area contributed by atoms with E-state index in [0.717, 1.165) is 13.0 Å². The average Bonchev–Trinajstić information content (AvgIpc) is 2.48. The summed E-state index contributed by atoms with van der Waals surface area (Å²) in [7, 11) is 0. The van der Waals surface area contributed by atoms with Crippen molar-refractivity contribution in [1.82, 2.24) is 0 Å². The molecule has 0 amide bonds. The van der Waals surface area contributed by atoms with Gasteiger partial charge in [0, 0.05) is 11.3 Å². The topological polar surface area (TPSA) is 38.7 Å². The molecule has 3 nitrogen and oxygen atoms in total. The Bertz CT molecular complexity index is 254. The summed E-state index contributed by atoms with van der Waals surface area (Å²) in [5.41, 5.74) is 0.344. The second-order valence-electron chi connectivity index (χ2n) is 4.73. The van der Waals surface area contributed by atoms with Crippen molar-refractivity contribution in [3.63, 3.8) is 0 Å². The first kappa shape index (κ1) is 6.35. The van der Waals surface area contributed by atoms with Crippen LogP contribution in [-0.2, 0) is 9.47 Å². The largest absolute Gasteiger partial charge is 0.390 e. The smallest absolute Gasteiger partial charge is 0.161 e. The van der Waals surface area contributed by atoms with E-state index in [-0.39, 0.29) is 18.5 Å². The summed E-state index contributed by atoms with van der Waals surface area (Å²) in [6.07, 6.45) is 2.12. The Morgan fingerprint density at radius 1 is 1.33 bits per heavy atom. The van der Waals surface area contributed by atoms with Crippen LogP contribution in [0.15, 0.2) is 0 Å². The van der Waals surface area contributed by atoms with Gasteiger partial charge in [0.1, 0.15) is 0 Å². The van der Waals surface area contributed by atoms with E-state index in [4.69, 9.17) is 9.47 Å². The maximum Gasteiger partial charge on any atom is 0.161 e. The van der Waals surface area contributed by atoms with Crippen molar-refractivity contribution < 1.29 is 14.6 Å². The highest BCUT2D eigenvalue weighted by molar-refractivity contribution is 5.19. The Hall–Kier alpha value is -0.120. The summed E-state index contributed by atoms with van der Waals surface area (Å²) in [5, 5.41) is 9.84. The minimum atomic E-state index is -0.199. The SMILES string of the molecule is OC1C2CC3C(OCC34CC14)O2. The molecule has 1 N–H and O–H groups in total. The normalized spacial score (nSPS) is 71.2. The highest BCUT2D eigenvalue weighted by Crippen LogP contribution is 2.71. The lowest BCUT2D eigenvalue weighted by Crippen LogP contribution is -2.36. The molecule has 2 saturated heterocycles. The summed E-state index contributed by atoms with van der Waals surface area (Å²) in [4.78, 5) is 0. The molecule has 0 aromatic heterocycles. The number of aliphatic hydroxyl groups is 1. The van der Waals surface area contributed by atoms with Crippen molar-refractivity contribution >= 4 is 0 Å². The van der Waals surface area contributed by atoms with Gasteiger partial charge in [0.15, 0.2) is 6.29 Å². The Balaban J connectivity index is 1.85. The van der Waals surface area contributed by atoms with Crippen molar-refractivity contribution in [1.29, 1.82) is 0 Å². The number of ether oxygens (including phenoxy) is 2. The Labute approximate surface area is 70.7 Å². The number of fused-ring (bicyclic) bond motifs is 1. The third kappa shape index (κ3) is 0.466. The van der Waals surface area contributed by atoms with E-state index in [9.17, 15) is 5.11 Å². The summed E-state index contributed by atoms with van der Waals surface area (Å²) >= 11 is 0. The van der Waals surface area contributed by atoms with Crippen LogP contribution in [0.4, 0.5) is 0 Å². The van der Waals surface area contributed by atoms with Gasteiger partial charge in [-0.3, -0.25) is 0 Å². The van der Waals surface area contributed by atoms with Gasteiger partial charge in [-0.1, -0.05) is 0 Å². The van der Waals surface area contributed by atoms with Crippen LogP contribution in [0, 0.1) is 17.3 Å². The van der Waals surface area contributed by atoms with Gasteiger partial charge >= 0.3 is 0 Å². The number of aliphatic hydroxyl groups excluding tert-OH is 1. The summed E-state index contributed by atoms with van der Waals surface area (Å²) < 4.78 is 11.2. The van der Waals surface area contributed by atoms with Gasteiger partial charge in [0.2, 0.25) is 0 Å². The lowest BCUT2D eigenvalue weighted by Gasteiger charge is -2.26. The average molecular weight is 168 g/mol. The minimum absolute atomic E-state index is 0.0251. The number of rotatable bonds is 0. The predicted molar refractivity (Wildman–Crippen MR) is 39.3 cm³/mol. The van der Waals surface area contributed by atoms with E-state index < -0.39 is 0 Å². The van der Waals surface area contributed by atoms with Crippen molar-refractivity contribution in [2.45, 2.75) is 31.3 Å². The Kier molecular flexibility index (Phi) is 0.839. The number of hydrogen-bond donors (Lipinski definition) is 1. The molecule has 0 aromatic carbocycles. The maximum atomic E-state index is 9.84. The van der Waals surface area contributed by atoms with Crippen LogP contribution in [0.3, 0.4) is 0 Å². The van der Waals surface area contributed by atoms with Crippen LogP contribution in [0.25, 0.3) is 0 Å². The molecule has 66 valence electrons. The zero-order valence-electron chi connectivity index (χ0n) is 6.77. The lowest BCUT2D eigenvalue weighted by molar-refractivity contribution is -0.148. The van der Waals surface area contributed by atoms with Crippen molar-refractivity contribution in [3.05, 3.63) is 0 Å². The predicted octanol–water partition coefficient (Wildman–Crippen LogP) is 0.129. The minimum Gasteiger partial charge on any atom is -0.390 e. The molecule has 2 heterocycles. The van der Waals surface area contributed by atoms with Gasteiger partial charge in [-0.15, -0.1) is 0 Å². The zero-order valence-corrected chi connectivity index (χ0v) is 6.77. The standard InChI is InChI=1S/C9H12O3/c10-7-5-2-9(5)3-11-8-4(9)1-6(7)12-8/h4-8,10H,1-3H2. The first-order valence-electron chi connectivity index (χ1n) is 4.76. The summed E-state index contributed by atoms with van der Waals surface area (Å²) in [6, 6.07) is 0. The van der Waals surface area contributed by atoms with Crippen LogP contribution in [-0.4, -0.2) is 30.2 Å².